The third-order valence-electron chi connectivity index (χ3n) is 2.27. The van der Waals surface area contributed by atoms with E-state index in [0.717, 1.165) is 25.5 Å². The average molecular weight is 231 g/mol. The zero-order chi connectivity index (χ0) is 10.6. The van der Waals surface area contributed by atoms with Crippen LogP contribution in [0.3, 0.4) is 0 Å². The Morgan fingerprint density at radius 1 is 1.64 bits per heavy atom. The molecule has 1 atom stereocenters. The summed E-state index contributed by atoms with van der Waals surface area (Å²) in [6.07, 6.45) is 3.67. The molecule has 1 fully saturated rings. The van der Waals surface area contributed by atoms with E-state index in [9.17, 15) is 0 Å². The molecule has 0 aromatic carbocycles. The fourth-order valence-electron chi connectivity index (χ4n) is 1.37. The molecule has 1 aliphatic rings. The Balaban J connectivity index is 2.61. The van der Waals surface area contributed by atoms with Crippen LogP contribution in [-0.4, -0.2) is 53.3 Å². The minimum absolute atomic E-state index is 0.263. The Kier molecular flexibility index (Phi) is 4.84. The fourth-order valence-corrected chi connectivity index (χ4v) is 2.05. The quantitative estimate of drug-likeness (QED) is 0.584. The van der Waals surface area contributed by atoms with E-state index in [1.807, 2.05) is 0 Å². The van der Waals surface area contributed by atoms with Crippen molar-refractivity contribution in [3.05, 3.63) is 12.8 Å². The molecule has 0 amide bonds. The van der Waals surface area contributed by atoms with Gasteiger partial charge in [0, 0.05) is 26.3 Å². The largest absolute Gasteiger partial charge is 0.361 e. The van der Waals surface area contributed by atoms with E-state index < -0.39 is 0 Å². The van der Waals surface area contributed by atoms with E-state index in [-0.39, 0.29) is 4.71 Å². The minimum Gasteiger partial charge on any atom is -0.361 e. The molecule has 0 radical (unpaired) electrons. The molecule has 0 saturated carbocycles. The monoisotopic (exact) mass is 231 g/mol. The Labute approximate surface area is 95.7 Å². The maximum atomic E-state index is 4.50. The van der Waals surface area contributed by atoms with Gasteiger partial charge in [-0.05, 0) is 6.26 Å². The van der Waals surface area contributed by atoms with Crippen LogP contribution in [0.5, 0.6) is 0 Å². The van der Waals surface area contributed by atoms with Crippen molar-refractivity contribution in [1.82, 2.24) is 9.80 Å². The lowest BCUT2D eigenvalue weighted by Gasteiger charge is -2.36. The van der Waals surface area contributed by atoms with Crippen molar-refractivity contribution < 1.29 is 0 Å². The normalized spacial score (nSPS) is 23.9. The van der Waals surface area contributed by atoms with Gasteiger partial charge in [-0.2, -0.15) is 0 Å². The first-order valence-corrected chi connectivity index (χ1v) is 6.33. The Morgan fingerprint density at radius 2 is 2.36 bits per heavy atom. The molecule has 1 unspecified atom stereocenters. The number of piperazine rings is 1. The molecule has 5 heteroatoms. The first-order chi connectivity index (χ1) is 6.69. The van der Waals surface area contributed by atoms with Crippen molar-refractivity contribution >= 4 is 30.2 Å². The van der Waals surface area contributed by atoms with Gasteiger partial charge in [-0.15, -0.1) is 24.4 Å². The molecule has 0 aliphatic carbocycles. The second kappa shape index (κ2) is 5.68. The van der Waals surface area contributed by atoms with Crippen molar-refractivity contribution in [2.45, 2.75) is 4.71 Å². The Bertz CT molecular complexity index is 230. The lowest BCUT2D eigenvalue weighted by molar-refractivity contribution is 0.268. The number of hydrogen-bond acceptors (Lipinski definition) is 4. The number of hydrogen-bond donors (Lipinski definition) is 1. The van der Waals surface area contributed by atoms with Crippen LogP contribution in [0, 0.1) is 0 Å². The number of thiol groups is 1. The van der Waals surface area contributed by atoms with Gasteiger partial charge in [0.15, 0.2) is 0 Å². The van der Waals surface area contributed by atoms with Crippen LogP contribution >= 0.6 is 24.4 Å². The van der Waals surface area contributed by atoms with E-state index >= 15 is 0 Å². The van der Waals surface area contributed by atoms with Gasteiger partial charge < -0.3 is 4.90 Å². The van der Waals surface area contributed by atoms with Crippen molar-refractivity contribution in [1.29, 1.82) is 0 Å². The summed E-state index contributed by atoms with van der Waals surface area (Å²) in [6.45, 7) is 6.53. The molecule has 14 heavy (non-hydrogen) atoms. The van der Waals surface area contributed by atoms with Gasteiger partial charge in [-0.1, -0.05) is 6.58 Å². The van der Waals surface area contributed by atoms with Crippen LogP contribution in [0.15, 0.2) is 17.8 Å². The number of nitrogens with zero attached hydrogens (tertiary/aromatic N) is 3. The first-order valence-electron chi connectivity index (χ1n) is 4.52. The zero-order valence-electron chi connectivity index (χ0n) is 8.68. The van der Waals surface area contributed by atoms with Gasteiger partial charge >= 0.3 is 0 Å². The lowest BCUT2D eigenvalue weighted by Crippen LogP contribution is -2.50. The predicted octanol–water partition coefficient (Wildman–Crippen LogP) is 1.35. The fraction of sp³-hybridized carbons (Fsp3) is 0.667. The molecular weight excluding hydrogens is 214 g/mol. The van der Waals surface area contributed by atoms with E-state index in [1.54, 1.807) is 18.0 Å². The highest BCUT2D eigenvalue weighted by molar-refractivity contribution is 8.09. The molecule has 1 rings (SSSR count). The van der Waals surface area contributed by atoms with Crippen molar-refractivity contribution in [3.8, 4) is 0 Å². The first kappa shape index (κ1) is 11.9. The van der Waals surface area contributed by atoms with Crippen LogP contribution in [-0.2, 0) is 0 Å². The standard InChI is InChI=1S/C9H17N3S2/c1-4-10-8-7-12(9(13)14-3)6-5-11(8)2/h4,9,13H,1,5-7H2,2-3H3. The highest BCUT2D eigenvalue weighted by atomic mass is 32.2. The second-order valence-electron chi connectivity index (χ2n) is 3.18. The Morgan fingerprint density at radius 3 is 2.93 bits per heavy atom. The van der Waals surface area contributed by atoms with Gasteiger partial charge in [0.2, 0.25) is 0 Å². The third-order valence-corrected chi connectivity index (χ3v) is 3.95. The number of thioether (sulfide) groups is 1. The molecule has 3 nitrogen and oxygen atoms in total. The number of likely N-dealkylation sites (N-methyl/N-ethyl adjacent to an activating group) is 1. The number of aliphatic imine (C=N–C) groups is 1. The van der Waals surface area contributed by atoms with Crippen molar-refractivity contribution in [2.24, 2.45) is 4.99 Å². The molecule has 1 aliphatic heterocycles. The van der Waals surface area contributed by atoms with Crippen LogP contribution in [0.1, 0.15) is 0 Å². The van der Waals surface area contributed by atoms with Gasteiger partial charge in [-0.3, -0.25) is 4.90 Å². The number of amidine groups is 1. The zero-order valence-corrected chi connectivity index (χ0v) is 10.4. The molecule has 0 N–H and O–H groups in total. The SMILES string of the molecule is C=CN=C1CN(C(S)SC)CCN1C. The van der Waals surface area contributed by atoms with Crippen LogP contribution < -0.4 is 0 Å². The van der Waals surface area contributed by atoms with Crippen LogP contribution in [0.25, 0.3) is 0 Å². The van der Waals surface area contributed by atoms with Gasteiger partial charge in [0.1, 0.15) is 5.84 Å². The molecule has 1 heterocycles. The number of rotatable bonds is 3. The lowest BCUT2D eigenvalue weighted by atomic mass is 10.3. The maximum Gasteiger partial charge on any atom is 0.118 e. The summed E-state index contributed by atoms with van der Waals surface area (Å²) in [6, 6.07) is 0. The molecular formula is C9H17N3S2. The predicted molar refractivity (Wildman–Crippen MR) is 68.1 cm³/mol. The topological polar surface area (TPSA) is 18.8 Å². The molecule has 0 aromatic rings. The summed E-state index contributed by atoms with van der Waals surface area (Å²) < 4.78 is 0.263. The molecule has 0 spiro atoms. The van der Waals surface area contributed by atoms with Crippen molar-refractivity contribution in [2.75, 3.05) is 32.9 Å². The summed E-state index contributed by atoms with van der Waals surface area (Å²) in [5.41, 5.74) is 0. The average Bonchev–Trinajstić information content (AvgIpc) is 2.20. The smallest absolute Gasteiger partial charge is 0.118 e. The van der Waals surface area contributed by atoms with Crippen molar-refractivity contribution in [3.63, 3.8) is 0 Å². The maximum absolute atomic E-state index is 4.50. The summed E-state index contributed by atoms with van der Waals surface area (Å²) in [4.78, 5) is 8.72. The summed E-state index contributed by atoms with van der Waals surface area (Å²) in [5.74, 6) is 1.07. The third kappa shape index (κ3) is 2.93. The summed E-state index contributed by atoms with van der Waals surface area (Å²) in [5, 5.41) is 0. The second-order valence-corrected chi connectivity index (χ2v) is 4.94. The Hall–Kier alpha value is -0.130. The summed E-state index contributed by atoms with van der Waals surface area (Å²) in [7, 11) is 2.06. The van der Waals surface area contributed by atoms with Gasteiger partial charge in [0.05, 0.1) is 11.3 Å². The highest BCUT2D eigenvalue weighted by Gasteiger charge is 2.22. The molecule has 80 valence electrons. The highest BCUT2D eigenvalue weighted by Crippen LogP contribution is 2.18. The van der Waals surface area contributed by atoms with E-state index in [2.05, 4.69) is 47.3 Å². The van der Waals surface area contributed by atoms with E-state index in [1.165, 1.54) is 0 Å². The van der Waals surface area contributed by atoms with Crippen LogP contribution in [0.4, 0.5) is 0 Å². The molecule has 1 saturated heterocycles. The van der Waals surface area contributed by atoms with Gasteiger partial charge in [0.25, 0.3) is 0 Å². The van der Waals surface area contributed by atoms with Gasteiger partial charge in [-0.25, -0.2) is 4.99 Å². The minimum atomic E-state index is 0.263. The molecule has 0 bridgehead atoms. The van der Waals surface area contributed by atoms with E-state index in [0.29, 0.717) is 0 Å². The summed E-state index contributed by atoms with van der Waals surface area (Å²) >= 11 is 6.24. The van der Waals surface area contributed by atoms with E-state index in [4.69, 9.17) is 0 Å². The molecule has 0 aromatic heterocycles. The van der Waals surface area contributed by atoms with Crippen LogP contribution in [0.2, 0.25) is 0 Å².